The molecule has 58 valence electrons. The molecule has 0 heterocycles. The van der Waals surface area contributed by atoms with E-state index in [1.165, 1.54) is 12.0 Å². The van der Waals surface area contributed by atoms with Crippen molar-refractivity contribution >= 4 is 0 Å². The van der Waals surface area contributed by atoms with Gasteiger partial charge >= 0.3 is 0 Å². The number of hydrogen-bond donors (Lipinski definition) is 1. The van der Waals surface area contributed by atoms with Gasteiger partial charge in [0.1, 0.15) is 0 Å². The summed E-state index contributed by atoms with van der Waals surface area (Å²) in [5.74, 6) is 1.53. The van der Waals surface area contributed by atoms with Gasteiger partial charge in [0.05, 0.1) is 0 Å². The van der Waals surface area contributed by atoms with Crippen LogP contribution in [0.1, 0.15) is 17.9 Å². The van der Waals surface area contributed by atoms with Crippen molar-refractivity contribution in [3.63, 3.8) is 0 Å². The van der Waals surface area contributed by atoms with E-state index in [9.17, 15) is 0 Å². The highest BCUT2D eigenvalue weighted by atomic mass is 14.6. The van der Waals surface area contributed by atoms with Crippen LogP contribution in [-0.2, 0) is 0 Å². The zero-order valence-electron chi connectivity index (χ0n) is 6.53. The maximum atomic E-state index is 5.56. The SMILES string of the molecule is NC[C@H]1C[C@H]1c1ccccc1. The lowest BCUT2D eigenvalue weighted by Crippen LogP contribution is -2.01. The molecule has 2 rings (SSSR count). The molecule has 0 aromatic heterocycles. The highest BCUT2D eigenvalue weighted by molar-refractivity contribution is 5.25. The van der Waals surface area contributed by atoms with E-state index in [1.807, 2.05) is 0 Å². The molecule has 11 heavy (non-hydrogen) atoms. The first-order chi connectivity index (χ1) is 5.42. The first-order valence-electron chi connectivity index (χ1n) is 4.17. The number of nitrogens with two attached hydrogens (primary N) is 1. The van der Waals surface area contributed by atoms with Gasteiger partial charge in [-0.1, -0.05) is 30.3 Å². The van der Waals surface area contributed by atoms with Crippen LogP contribution >= 0.6 is 0 Å². The van der Waals surface area contributed by atoms with Gasteiger partial charge in [-0.05, 0) is 30.4 Å². The minimum absolute atomic E-state index is 0.761. The van der Waals surface area contributed by atoms with Gasteiger partial charge in [-0.25, -0.2) is 0 Å². The molecule has 1 heteroatoms. The van der Waals surface area contributed by atoms with Gasteiger partial charge in [0.15, 0.2) is 0 Å². The normalized spacial score (nSPS) is 28.5. The van der Waals surface area contributed by atoms with E-state index in [2.05, 4.69) is 30.3 Å². The Morgan fingerprint density at radius 1 is 1.27 bits per heavy atom. The summed E-state index contributed by atoms with van der Waals surface area (Å²) in [6, 6.07) is 10.6. The summed E-state index contributed by atoms with van der Waals surface area (Å²) in [5.41, 5.74) is 7.02. The molecule has 0 saturated heterocycles. The molecule has 1 saturated carbocycles. The molecule has 1 aromatic carbocycles. The molecule has 1 nitrogen and oxygen atoms in total. The second kappa shape index (κ2) is 2.67. The molecule has 1 aromatic rings. The fourth-order valence-electron chi connectivity index (χ4n) is 1.62. The monoisotopic (exact) mass is 147 g/mol. The average Bonchev–Trinajstić information content (AvgIpc) is 2.85. The largest absolute Gasteiger partial charge is 0.330 e. The molecule has 0 amide bonds. The molecular formula is C10H13N. The lowest BCUT2D eigenvalue weighted by Gasteiger charge is -1.96. The van der Waals surface area contributed by atoms with E-state index in [0.29, 0.717) is 0 Å². The van der Waals surface area contributed by atoms with Crippen LogP contribution in [0, 0.1) is 5.92 Å². The fraction of sp³-hybridized carbons (Fsp3) is 0.400. The summed E-state index contributed by atoms with van der Waals surface area (Å²) < 4.78 is 0. The van der Waals surface area contributed by atoms with Gasteiger partial charge in [-0.3, -0.25) is 0 Å². The molecule has 2 atom stereocenters. The average molecular weight is 147 g/mol. The van der Waals surface area contributed by atoms with Gasteiger partial charge in [0.25, 0.3) is 0 Å². The molecular weight excluding hydrogens is 134 g/mol. The van der Waals surface area contributed by atoms with Crippen molar-refractivity contribution < 1.29 is 0 Å². The highest BCUT2D eigenvalue weighted by Crippen LogP contribution is 2.46. The van der Waals surface area contributed by atoms with Crippen molar-refractivity contribution in [3.8, 4) is 0 Å². The van der Waals surface area contributed by atoms with Crippen LogP contribution < -0.4 is 5.73 Å². The summed E-state index contributed by atoms with van der Waals surface area (Å²) in [7, 11) is 0. The van der Waals surface area contributed by atoms with E-state index in [1.54, 1.807) is 0 Å². The van der Waals surface area contributed by atoms with Gasteiger partial charge in [0, 0.05) is 0 Å². The molecule has 0 spiro atoms. The first-order valence-corrected chi connectivity index (χ1v) is 4.17. The lowest BCUT2D eigenvalue weighted by molar-refractivity contribution is 0.810. The molecule has 0 aliphatic heterocycles. The van der Waals surface area contributed by atoms with E-state index in [4.69, 9.17) is 5.73 Å². The second-order valence-corrected chi connectivity index (χ2v) is 3.25. The smallest absolute Gasteiger partial charge is 0.00428 e. The van der Waals surface area contributed by atoms with E-state index in [0.717, 1.165) is 18.4 Å². The number of rotatable bonds is 2. The lowest BCUT2D eigenvalue weighted by atomic mass is 10.1. The Morgan fingerprint density at radius 2 is 2.00 bits per heavy atom. The third kappa shape index (κ3) is 1.29. The fourth-order valence-corrected chi connectivity index (χ4v) is 1.62. The Kier molecular flexibility index (Phi) is 1.66. The van der Waals surface area contributed by atoms with Crippen molar-refractivity contribution in [1.29, 1.82) is 0 Å². The maximum Gasteiger partial charge on any atom is -0.00428 e. The standard InChI is InChI=1S/C10H13N/c11-7-9-6-10(9)8-4-2-1-3-5-8/h1-5,9-10H,6-7,11H2/t9-,10+/m1/s1. The van der Waals surface area contributed by atoms with Crippen molar-refractivity contribution in [2.24, 2.45) is 11.7 Å². The Bertz CT molecular complexity index is 230. The number of benzene rings is 1. The Balaban J connectivity index is 2.09. The third-order valence-electron chi connectivity index (χ3n) is 2.45. The molecule has 1 aliphatic carbocycles. The molecule has 1 aliphatic rings. The summed E-state index contributed by atoms with van der Waals surface area (Å²) in [4.78, 5) is 0. The van der Waals surface area contributed by atoms with Crippen molar-refractivity contribution in [2.75, 3.05) is 6.54 Å². The van der Waals surface area contributed by atoms with Gasteiger partial charge < -0.3 is 5.73 Å². The van der Waals surface area contributed by atoms with Crippen LogP contribution in [0.25, 0.3) is 0 Å². The minimum atomic E-state index is 0.761. The molecule has 2 N–H and O–H groups in total. The Morgan fingerprint density at radius 3 is 2.55 bits per heavy atom. The highest BCUT2D eigenvalue weighted by Gasteiger charge is 2.36. The quantitative estimate of drug-likeness (QED) is 0.677. The van der Waals surface area contributed by atoms with E-state index >= 15 is 0 Å². The van der Waals surface area contributed by atoms with Crippen LogP contribution in [0.5, 0.6) is 0 Å². The zero-order valence-corrected chi connectivity index (χ0v) is 6.53. The maximum absolute atomic E-state index is 5.56. The first kappa shape index (κ1) is 6.86. The second-order valence-electron chi connectivity index (χ2n) is 3.25. The van der Waals surface area contributed by atoms with Crippen molar-refractivity contribution in [2.45, 2.75) is 12.3 Å². The summed E-state index contributed by atoms with van der Waals surface area (Å²) in [6.07, 6.45) is 1.29. The molecule has 0 unspecified atom stereocenters. The van der Waals surface area contributed by atoms with Crippen LogP contribution in [-0.4, -0.2) is 6.54 Å². The predicted octanol–water partition coefficient (Wildman–Crippen LogP) is 1.75. The van der Waals surface area contributed by atoms with Crippen molar-refractivity contribution in [3.05, 3.63) is 35.9 Å². The minimum Gasteiger partial charge on any atom is -0.330 e. The van der Waals surface area contributed by atoms with Gasteiger partial charge in [-0.15, -0.1) is 0 Å². The van der Waals surface area contributed by atoms with Gasteiger partial charge in [0.2, 0.25) is 0 Å². The summed E-state index contributed by atoms with van der Waals surface area (Å²) >= 11 is 0. The molecule has 0 radical (unpaired) electrons. The van der Waals surface area contributed by atoms with Crippen LogP contribution in [0.4, 0.5) is 0 Å². The third-order valence-corrected chi connectivity index (χ3v) is 2.45. The van der Waals surface area contributed by atoms with Crippen LogP contribution in [0.2, 0.25) is 0 Å². The summed E-state index contributed by atoms with van der Waals surface area (Å²) in [5, 5.41) is 0. The molecule has 0 bridgehead atoms. The van der Waals surface area contributed by atoms with Gasteiger partial charge in [-0.2, -0.15) is 0 Å². The predicted molar refractivity (Wildman–Crippen MR) is 46.3 cm³/mol. The topological polar surface area (TPSA) is 26.0 Å². The van der Waals surface area contributed by atoms with Crippen molar-refractivity contribution in [1.82, 2.24) is 0 Å². The number of hydrogen-bond acceptors (Lipinski definition) is 1. The Hall–Kier alpha value is -0.820. The Labute approximate surface area is 67.2 Å². The van der Waals surface area contributed by atoms with E-state index < -0.39 is 0 Å². The van der Waals surface area contributed by atoms with Crippen LogP contribution in [0.15, 0.2) is 30.3 Å². The zero-order chi connectivity index (χ0) is 7.68. The molecule has 1 fully saturated rings. The van der Waals surface area contributed by atoms with Crippen LogP contribution in [0.3, 0.4) is 0 Å². The summed E-state index contributed by atoms with van der Waals surface area (Å²) in [6.45, 7) is 0.847. The van der Waals surface area contributed by atoms with E-state index in [-0.39, 0.29) is 0 Å².